The van der Waals surface area contributed by atoms with Crippen LogP contribution in [0.25, 0.3) is 6.08 Å². The van der Waals surface area contributed by atoms with E-state index in [-0.39, 0.29) is 5.91 Å². The summed E-state index contributed by atoms with van der Waals surface area (Å²) in [4.78, 5) is 12.1. The van der Waals surface area contributed by atoms with Crippen molar-refractivity contribution in [3.8, 4) is 5.75 Å². The molecule has 0 saturated carbocycles. The molecule has 0 saturated heterocycles. The van der Waals surface area contributed by atoms with Gasteiger partial charge in [0.25, 0.3) is 5.91 Å². The Morgan fingerprint density at radius 3 is 2.65 bits per heavy atom. The number of nitrogens with one attached hydrogen (secondary N) is 1. The Kier molecular flexibility index (Phi) is 5.94. The van der Waals surface area contributed by atoms with Crippen LogP contribution in [0.15, 0.2) is 59.2 Å². The van der Waals surface area contributed by atoms with Crippen molar-refractivity contribution in [1.82, 2.24) is 5.43 Å². The van der Waals surface area contributed by atoms with Crippen molar-refractivity contribution in [1.29, 1.82) is 0 Å². The van der Waals surface area contributed by atoms with Crippen LogP contribution in [0, 0.1) is 0 Å². The average Bonchev–Trinajstić information content (AvgIpc) is 2.55. The molecule has 0 aliphatic carbocycles. The number of carbonyl (C=O) groups excluding carboxylic acids is 1. The molecule has 1 amide bonds. The fraction of sp³-hybridized carbons (Fsp3) is 0.111. The van der Waals surface area contributed by atoms with E-state index in [1.807, 2.05) is 43.3 Å². The van der Waals surface area contributed by atoms with Gasteiger partial charge in [-0.3, -0.25) is 4.79 Å². The predicted molar refractivity (Wildman–Crippen MR) is 94.1 cm³/mol. The van der Waals surface area contributed by atoms with Gasteiger partial charge in [-0.1, -0.05) is 48.0 Å². The van der Waals surface area contributed by atoms with E-state index in [2.05, 4.69) is 10.5 Å². The first-order valence-electron chi connectivity index (χ1n) is 7.00. The molecular weight excluding hydrogens is 312 g/mol. The Labute approximate surface area is 140 Å². The van der Waals surface area contributed by atoms with Crippen molar-refractivity contribution in [2.24, 2.45) is 5.10 Å². The third-order valence-corrected chi connectivity index (χ3v) is 3.27. The Balaban J connectivity index is 2.04. The van der Waals surface area contributed by atoms with Crippen LogP contribution in [0.5, 0.6) is 5.75 Å². The molecule has 5 heteroatoms. The molecule has 0 atom stereocenters. The molecule has 0 radical (unpaired) electrons. The molecule has 0 aliphatic rings. The van der Waals surface area contributed by atoms with Gasteiger partial charge >= 0.3 is 0 Å². The average molecular weight is 329 g/mol. The number of nitrogens with zero attached hydrogens (tertiary/aromatic N) is 1. The van der Waals surface area contributed by atoms with E-state index in [9.17, 15) is 4.79 Å². The van der Waals surface area contributed by atoms with Gasteiger partial charge in [0.1, 0.15) is 5.75 Å². The van der Waals surface area contributed by atoms with Crippen LogP contribution < -0.4 is 10.2 Å². The predicted octanol–water partition coefficient (Wildman–Crippen LogP) is 4.17. The number of ether oxygens (including phenoxy) is 1. The number of halogens is 1. The van der Waals surface area contributed by atoms with Crippen LogP contribution in [-0.4, -0.2) is 19.2 Å². The molecule has 0 aliphatic heterocycles. The maximum Gasteiger partial charge on any atom is 0.275 e. The molecule has 0 bridgehead atoms. The number of rotatable bonds is 5. The Bertz CT molecular complexity index is 740. The highest BCUT2D eigenvalue weighted by Gasteiger charge is 2.11. The maximum atomic E-state index is 12.1. The number of methoxy groups -OCH3 is 1. The lowest BCUT2D eigenvalue weighted by molar-refractivity contribution is 0.0952. The van der Waals surface area contributed by atoms with Gasteiger partial charge in [0.2, 0.25) is 0 Å². The van der Waals surface area contributed by atoms with E-state index in [0.29, 0.717) is 16.3 Å². The minimum absolute atomic E-state index is 0.335. The number of allylic oxidation sites excluding steroid dienone is 1. The topological polar surface area (TPSA) is 50.7 Å². The van der Waals surface area contributed by atoms with E-state index in [1.54, 1.807) is 18.3 Å². The number of benzene rings is 2. The standard InChI is InChI=1S/C18H17ClN2O2/c1-13(10-14-6-4-3-5-7-14)12-20-21-18(22)16-11-15(19)8-9-17(16)23-2/h3-12H,1-2H3,(H,21,22)/b13-10+,20-12+. The first kappa shape index (κ1) is 16.8. The number of hydrogen-bond donors (Lipinski definition) is 1. The Morgan fingerprint density at radius 2 is 1.96 bits per heavy atom. The van der Waals surface area contributed by atoms with Crippen LogP contribution in [0.4, 0.5) is 0 Å². The number of hydrazone groups is 1. The van der Waals surface area contributed by atoms with Crippen LogP contribution in [0.3, 0.4) is 0 Å². The quantitative estimate of drug-likeness (QED) is 0.661. The zero-order valence-electron chi connectivity index (χ0n) is 12.9. The molecule has 0 spiro atoms. The summed E-state index contributed by atoms with van der Waals surface area (Å²) in [7, 11) is 1.50. The molecular formula is C18H17ClN2O2. The van der Waals surface area contributed by atoms with E-state index in [1.165, 1.54) is 13.2 Å². The highest BCUT2D eigenvalue weighted by Crippen LogP contribution is 2.22. The minimum atomic E-state index is -0.381. The molecule has 0 heterocycles. The number of hydrogen-bond acceptors (Lipinski definition) is 3. The first-order chi connectivity index (χ1) is 11.1. The summed E-state index contributed by atoms with van der Waals surface area (Å²) in [6, 6.07) is 14.7. The Hall–Kier alpha value is -2.59. The van der Waals surface area contributed by atoms with E-state index < -0.39 is 0 Å². The van der Waals surface area contributed by atoms with Gasteiger partial charge in [0.15, 0.2) is 0 Å². The van der Waals surface area contributed by atoms with Gasteiger partial charge in [0, 0.05) is 5.02 Å². The zero-order valence-corrected chi connectivity index (χ0v) is 13.7. The number of carbonyl (C=O) groups is 1. The van der Waals surface area contributed by atoms with Crippen molar-refractivity contribution < 1.29 is 9.53 Å². The SMILES string of the molecule is COc1ccc(Cl)cc1C(=O)N/N=C/C(C)=C/c1ccccc1. The van der Waals surface area contributed by atoms with Crippen molar-refractivity contribution in [3.05, 3.63) is 70.3 Å². The summed E-state index contributed by atoms with van der Waals surface area (Å²) in [5.74, 6) is 0.0618. The van der Waals surface area contributed by atoms with Crippen molar-refractivity contribution >= 4 is 29.8 Å². The molecule has 118 valence electrons. The molecule has 2 rings (SSSR count). The summed E-state index contributed by atoms with van der Waals surface area (Å²) in [5.41, 5.74) is 4.78. The van der Waals surface area contributed by atoms with Gasteiger partial charge in [-0.25, -0.2) is 5.43 Å². The first-order valence-corrected chi connectivity index (χ1v) is 7.38. The molecule has 2 aromatic carbocycles. The van der Waals surface area contributed by atoms with Crippen LogP contribution in [-0.2, 0) is 0 Å². The summed E-state index contributed by atoms with van der Waals surface area (Å²) in [6.45, 7) is 1.91. The molecule has 2 aromatic rings. The van der Waals surface area contributed by atoms with Crippen molar-refractivity contribution in [2.75, 3.05) is 7.11 Å². The van der Waals surface area contributed by atoms with E-state index >= 15 is 0 Å². The molecule has 1 N–H and O–H groups in total. The highest BCUT2D eigenvalue weighted by atomic mass is 35.5. The molecule has 0 unspecified atom stereocenters. The summed E-state index contributed by atoms with van der Waals surface area (Å²) in [6.07, 6.45) is 3.55. The lowest BCUT2D eigenvalue weighted by Crippen LogP contribution is -2.18. The monoisotopic (exact) mass is 328 g/mol. The minimum Gasteiger partial charge on any atom is -0.496 e. The van der Waals surface area contributed by atoms with Gasteiger partial charge in [-0.2, -0.15) is 5.10 Å². The van der Waals surface area contributed by atoms with Gasteiger partial charge < -0.3 is 4.74 Å². The fourth-order valence-corrected chi connectivity index (χ4v) is 2.13. The van der Waals surface area contributed by atoms with Gasteiger partial charge in [-0.15, -0.1) is 0 Å². The van der Waals surface area contributed by atoms with Crippen LogP contribution in [0.2, 0.25) is 5.02 Å². The third kappa shape index (κ3) is 4.97. The maximum absolute atomic E-state index is 12.1. The normalized spacial score (nSPS) is 11.5. The molecule has 0 fully saturated rings. The molecule has 0 aromatic heterocycles. The number of amides is 1. The largest absolute Gasteiger partial charge is 0.496 e. The van der Waals surface area contributed by atoms with E-state index in [0.717, 1.165) is 11.1 Å². The highest BCUT2D eigenvalue weighted by molar-refractivity contribution is 6.31. The van der Waals surface area contributed by atoms with Gasteiger partial charge in [0.05, 0.1) is 18.9 Å². The summed E-state index contributed by atoms with van der Waals surface area (Å²) in [5, 5.41) is 4.42. The van der Waals surface area contributed by atoms with Crippen molar-refractivity contribution in [3.63, 3.8) is 0 Å². The second-order valence-corrected chi connectivity index (χ2v) is 5.28. The van der Waals surface area contributed by atoms with Crippen LogP contribution in [0.1, 0.15) is 22.8 Å². The van der Waals surface area contributed by atoms with Crippen LogP contribution >= 0.6 is 11.6 Å². The van der Waals surface area contributed by atoms with E-state index in [4.69, 9.17) is 16.3 Å². The second-order valence-electron chi connectivity index (χ2n) is 4.84. The summed E-state index contributed by atoms with van der Waals surface area (Å²) < 4.78 is 5.15. The Morgan fingerprint density at radius 1 is 1.22 bits per heavy atom. The smallest absolute Gasteiger partial charge is 0.275 e. The lowest BCUT2D eigenvalue weighted by atomic mass is 10.1. The second kappa shape index (κ2) is 8.15. The zero-order chi connectivity index (χ0) is 16.7. The summed E-state index contributed by atoms with van der Waals surface area (Å²) >= 11 is 5.91. The third-order valence-electron chi connectivity index (χ3n) is 3.03. The fourth-order valence-electron chi connectivity index (χ4n) is 1.96. The lowest BCUT2D eigenvalue weighted by Gasteiger charge is -2.07. The van der Waals surface area contributed by atoms with Gasteiger partial charge in [-0.05, 0) is 36.3 Å². The molecule has 23 heavy (non-hydrogen) atoms. The van der Waals surface area contributed by atoms with Crippen molar-refractivity contribution in [2.45, 2.75) is 6.92 Å². The molecule has 4 nitrogen and oxygen atoms in total.